The van der Waals surface area contributed by atoms with E-state index in [9.17, 15) is 4.79 Å². The molecule has 0 saturated heterocycles. The predicted octanol–water partition coefficient (Wildman–Crippen LogP) is 3.41. The maximum Gasteiger partial charge on any atom is 0.341 e. The number of nitrogens with zero attached hydrogens (tertiary/aromatic N) is 3. The fourth-order valence-electron chi connectivity index (χ4n) is 1.51. The quantitative estimate of drug-likeness (QED) is 0.792. The molecule has 2 aromatic heterocycles. The van der Waals surface area contributed by atoms with E-state index in [0.717, 1.165) is 24.3 Å². The zero-order valence-corrected chi connectivity index (χ0v) is 12.4. The number of carbonyl (C=O) groups is 1. The monoisotopic (exact) mass is 319 g/mol. The van der Waals surface area contributed by atoms with Crippen molar-refractivity contribution in [3.05, 3.63) is 32.5 Å². The minimum absolute atomic E-state index is 0.0582. The molecule has 19 heavy (non-hydrogen) atoms. The van der Waals surface area contributed by atoms with Crippen LogP contribution in [0.1, 0.15) is 29.5 Å². The number of carbonyl (C=O) groups excluding carboxylic acids is 1. The van der Waals surface area contributed by atoms with Gasteiger partial charge in [-0.25, -0.2) is 4.79 Å². The number of thiophene rings is 1. The minimum atomic E-state index is -0.515. The van der Waals surface area contributed by atoms with Gasteiger partial charge in [-0.2, -0.15) is 0 Å². The number of esters is 1. The van der Waals surface area contributed by atoms with Crippen LogP contribution in [-0.2, 0) is 17.9 Å². The van der Waals surface area contributed by atoms with E-state index >= 15 is 0 Å². The second-order valence-electron chi connectivity index (χ2n) is 3.75. The number of hydrogen-bond acceptors (Lipinski definition) is 5. The fraction of sp³-hybridized carbons (Fsp3) is 0.364. The highest BCUT2D eigenvalue weighted by Gasteiger charge is 2.16. The van der Waals surface area contributed by atoms with Gasteiger partial charge in [0.2, 0.25) is 0 Å². The molecule has 2 rings (SSSR count). The number of ether oxygens (including phenoxy) is 1. The van der Waals surface area contributed by atoms with E-state index in [1.165, 1.54) is 6.07 Å². The molecule has 0 fully saturated rings. The number of aromatic nitrogens is 3. The SMILES string of the molecule is CCCn1cnnc1COC(=O)c1cc(Cl)sc1Cl. The lowest BCUT2D eigenvalue weighted by atomic mass is 10.3. The Kier molecular flexibility index (Phi) is 4.79. The molecule has 2 heterocycles. The van der Waals surface area contributed by atoms with Crippen molar-refractivity contribution in [1.82, 2.24) is 14.8 Å². The largest absolute Gasteiger partial charge is 0.454 e. The van der Waals surface area contributed by atoms with E-state index in [1.54, 1.807) is 6.33 Å². The Morgan fingerprint density at radius 3 is 2.95 bits per heavy atom. The molecule has 2 aromatic rings. The van der Waals surface area contributed by atoms with E-state index < -0.39 is 5.97 Å². The molecule has 0 amide bonds. The molecule has 0 atom stereocenters. The molecule has 5 nitrogen and oxygen atoms in total. The number of aryl methyl sites for hydroxylation is 1. The van der Waals surface area contributed by atoms with Crippen molar-refractivity contribution in [3.63, 3.8) is 0 Å². The van der Waals surface area contributed by atoms with Gasteiger partial charge < -0.3 is 9.30 Å². The Morgan fingerprint density at radius 2 is 2.32 bits per heavy atom. The Hall–Kier alpha value is -1.11. The standard InChI is InChI=1S/C11H11Cl2N3O2S/c1-2-3-16-6-14-15-9(16)5-18-11(17)7-4-8(12)19-10(7)13/h4,6H,2-3,5H2,1H3. The summed E-state index contributed by atoms with van der Waals surface area (Å²) >= 11 is 12.8. The van der Waals surface area contributed by atoms with Crippen molar-refractivity contribution < 1.29 is 9.53 Å². The second-order valence-corrected chi connectivity index (χ2v) is 6.04. The number of hydrogen-bond donors (Lipinski definition) is 0. The Morgan fingerprint density at radius 1 is 1.53 bits per heavy atom. The molecule has 8 heteroatoms. The first-order valence-corrected chi connectivity index (χ1v) is 7.17. The highest BCUT2D eigenvalue weighted by molar-refractivity contribution is 7.20. The molecule has 0 bridgehead atoms. The van der Waals surface area contributed by atoms with Gasteiger partial charge in [-0.3, -0.25) is 0 Å². The molecular weight excluding hydrogens is 309 g/mol. The van der Waals surface area contributed by atoms with Crippen LogP contribution >= 0.6 is 34.5 Å². The Bertz CT molecular complexity index is 582. The summed E-state index contributed by atoms with van der Waals surface area (Å²) in [6.45, 7) is 2.89. The van der Waals surface area contributed by atoms with Crippen LogP contribution in [0.3, 0.4) is 0 Å². The molecule has 0 unspecified atom stereocenters. The molecular formula is C11H11Cl2N3O2S. The van der Waals surface area contributed by atoms with Crippen LogP contribution in [-0.4, -0.2) is 20.7 Å². The van der Waals surface area contributed by atoms with Gasteiger partial charge in [-0.1, -0.05) is 30.1 Å². The molecule has 0 saturated carbocycles. The summed E-state index contributed by atoms with van der Waals surface area (Å²) < 4.78 is 7.77. The molecule has 102 valence electrons. The lowest BCUT2D eigenvalue weighted by Gasteiger charge is -2.05. The minimum Gasteiger partial charge on any atom is -0.454 e. The fourth-order valence-corrected chi connectivity index (χ4v) is 2.95. The highest BCUT2D eigenvalue weighted by Crippen LogP contribution is 2.31. The zero-order valence-electron chi connectivity index (χ0n) is 10.1. The number of rotatable bonds is 5. The van der Waals surface area contributed by atoms with Crippen LogP contribution in [0.15, 0.2) is 12.4 Å². The Labute approximate surface area is 124 Å². The average molecular weight is 320 g/mol. The molecule has 0 aliphatic carbocycles. The highest BCUT2D eigenvalue weighted by atomic mass is 35.5. The summed E-state index contributed by atoms with van der Waals surface area (Å²) in [5.41, 5.74) is 0.276. The van der Waals surface area contributed by atoms with Crippen LogP contribution in [0, 0.1) is 0 Å². The van der Waals surface area contributed by atoms with Crippen LogP contribution in [0.2, 0.25) is 8.67 Å². The van der Waals surface area contributed by atoms with Crippen LogP contribution in [0.25, 0.3) is 0 Å². The molecule has 0 aliphatic rings. The summed E-state index contributed by atoms with van der Waals surface area (Å²) in [7, 11) is 0. The first-order valence-electron chi connectivity index (χ1n) is 5.60. The third-order valence-electron chi connectivity index (χ3n) is 2.37. The summed E-state index contributed by atoms with van der Waals surface area (Å²) in [4.78, 5) is 11.8. The third kappa shape index (κ3) is 3.46. The summed E-state index contributed by atoms with van der Waals surface area (Å²) in [6, 6.07) is 1.49. The van der Waals surface area contributed by atoms with Gasteiger partial charge in [0.1, 0.15) is 10.7 Å². The van der Waals surface area contributed by atoms with Crippen molar-refractivity contribution in [1.29, 1.82) is 0 Å². The molecule has 0 aliphatic heterocycles. The summed E-state index contributed by atoms with van der Waals surface area (Å²) in [5, 5.41) is 7.70. The van der Waals surface area contributed by atoms with Crippen molar-refractivity contribution in [2.75, 3.05) is 0 Å². The lowest BCUT2D eigenvalue weighted by molar-refractivity contribution is 0.0458. The van der Waals surface area contributed by atoms with E-state index in [-0.39, 0.29) is 12.2 Å². The van der Waals surface area contributed by atoms with Crippen LogP contribution in [0.4, 0.5) is 0 Å². The van der Waals surface area contributed by atoms with Gasteiger partial charge >= 0.3 is 5.97 Å². The van der Waals surface area contributed by atoms with Gasteiger partial charge in [0.25, 0.3) is 0 Å². The summed E-state index contributed by atoms with van der Waals surface area (Å²) in [5.74, 6) is 0.0897. The maximum atomic E-state index is 11.8. The molecule has 0 N–H and O–H groups in total. The second kappa shape index (κ2) is 6.36. The summed E-state index contributed by atoms with van der Waals surface area (Å²) in [6.07, 6.45) is 2.56. The topological polar surface area (TPSA) is 57.0 Å². The molecule has 0 aromatic carbocycles. The van der Waals surface area contributed by atoms with Crippen molar-refractivity contribution in [3.8, 4) is 0 Å². The van der Waals surface area contributed by atoms with Crippen LogP contribution < -0.4 is 0 Å². The van der Waals surface area contributed by atoms with Gasteiger partial charge in [0.15, 0.2) is 12.4 Å². The third-order valence-corrected chi connectivity index (χ3v) is 3.86. The van der Waals surface area contributed by atoms with E-state index in [4.69, 9.17) is 27.9 Å². The molecule has 0 radical (unpaired) electrons. The van der Waals surface area contributed by atoms with Gasteiger partial charge in [-0.15, -0.1) is 21.5 Å². The van der Waals surface area contributed by atoms with E-state index in [0.29, 0.717) is 14.5 Å². The van der Waals surface area contributed by atoms with E-state index in [1.807, 2.05) is 11.5 Å². The zero-order chi connectivity index (χ0) is 13.8. The van der Waals surface area contributed by atoms with Crippen molar-refractivity contribution in [2.24, 2.45) is 0 Å². The first-order chi connectivity index (χ1) is 9.11. The Balaban J connectivity index is 2.00. The van der Waals surface area contributed by atoms with Crippen molar-refractivity contribution in [2.45, 2.75) is 26.5 Å². The lowest BCUT2D eigenvalue weighted by Crippen LogP contribution is -2.09. The normalized spacial score (nSPS) is 10.7. The maximum absolute atomic E-state index is 11.8. The predicted molar refractivity (Wildman–Crippen MR) is 73.8 cm³/mol. The van der Waals surface area contributed by atoms with Crippen LogP contribution in [0.5, 0.6) is 0 Å². The van der Waals surface area contributed by atoms with Gasteiger partial charge in [0, 0.05) is 6.54 Å². The smallest absolute Gasteiger partial charge is 0.341 e. The first kappa shape index (κ1) is 14.3. The van der Waals surface area contributed by atoms with Gasteiger partial charge in [-0.05, 0) is 12.5 Å². The van der Waals surface area contributed by atoms with Crippen molar-refractivity contribution >= 4 is 40.5 Å². The van der Waals surface area contributed by atoms with Gasteiger partial charge in [0.05, 0.1) is 9.90 Å². The average Bonchev–Trinajstić information content (AvgIpc) is 2.93. The number of halogens is 2. The van der Waals surface area contributed by atoms with E-state index in [2.05, 4.69) is 10.2 Å². The molecule has 0 spiro atoms.